The summed E-state index contributed by atoms with van der Waals surface area (Å²) < 4.78 is 6.32. The average Bonchev–Trinajstić information content (AvgIpc) is 3.03. The first-order chi connectivity index (χ1) is 13.0. The molecule has 0 spiro atoms. The molecule has 2 aromatic carbocycles. The lowest BCUT2D eigenvalue weighted by atomic mass is 10.0. The Balaban J connectivity index is 1.69. The Hall–Kier alpha value is -2.66. The van der Waals surface area contributed by atoms with Gasteiger partial charge in [0.15, 0.2) is 6.61 Å². The Labute approximate surface area is 163 Å². The number of hydrogen-bond donors (Lipinski definition) is 1. The summed E-state index contributed by atoms with van der Waals surface area (Å²) in [4.78, 5) is 25.4. The molecular formula is C22H23NO3S. The molecule has 0 unspecified atom stereocenters. The van der Waals surface area contributed by atoms with E-state index in [-0.39, 0.29) is 12.5 Å². The number of benzene rings is 2. The molecule has 3 rings (SSSR count). The van der Waals surface area contributed by atoms with Gasteiger partial charge in [-0.15, -0.1) is 11.3 Å². The zero-order chi connectivity index (χ0) is 19.4. The van der Waals surface area contributed by atoms with Gasteiger partial charge in [0.1, 0.15) is 4.88 Å². The maximum Gasteiger partial charge on any atom is 0.349 e. The van der Waals surface area contributed by atoms with E-state index in [0.717, 1.165) is 45.3 Å². The van der Waals surface area contributed by atoms with Gasteiger partial charge in [0, 0.05) is 10.4 Å². The van der Waals surface area contributed by atoms with Crippen LogP contribution in [0.5, 0.6) is 0 Å². The second-order valence-electron chi connectivity index (χ2n) is 6.34. The van der Waals surface area contributed by atoms with Crippen molar-refractivity contribution in [2.24, 2.45) is 0 Å². The van der Waals surface area contributed by atoms with Crippen LogP contribution in [0.25, 0.3) is 10.1 Å². The van der Waals surface area contributed by atoms with Crippen LogP contribution in [0.4, 0.5) is 5.69 Å². The van der Waals surface area contributed by atoms with Crippen molar-refractivity contribution in [2.75, 3.05) is 11.9 Å². The van der Waals surface area contributed by atoms with E-state index in [1.165, 1.54) is 11.3 Å². The molecule has 4 nitrogen and oxygen atoms in total. The van der Waals surface area contributed by atoms with Gasteiger partial charge in [-0.1, -0.05) is 50.2 Å². The summed E-state index contributed by atoms with van der Waals surface area (Å²) in [5, 5.41) is 3.96. The van der Waals surface area contributed by atoms with Crippen molar-refractivity contribution in [2.45, 2.75) is 33.6 Å². The lowest BCUT2D eigenvalue weighted by Crippen LogP contribution is -2.22. The van der Waals surface area contributed by atoms with Crippen molar-refractivity contribution < 1.29 is 14.3 Å². The van der Waals surface area contributed by atoms with Crippen molar-refractivity contribution in [3.63, 3.8) is 0 Å². The minimum atomic E-state index is -0.455. The average molecular weight is 381 g/mol. The number of rotatable bonds is 6. The number of ether oxygens (including phenoxy) is 1. The summed E-state index contributed by atoms with van der Waals surface area (Å²) >= 11 is 1.39. The zero-order valence-electron chi connectivity index (χ0n) is 15.8. The molecule has 3 aromatic rings. The first kappa shape index (κ1) is 19.1. The van der Waals surface area contributed by atoms with E-state index >= 15 is 0 Å². The largest absolute Gasteiger partial charge is 0.451 e. The molecule has 140 valence electrons. The highest BCUT2D eigenvalue weighted by atomic mass is 32.1. The lowest BCUT2D eigenvalue weighted by molar-refractivity contribution is -0.119. The molecular weight excluding hydrogens is 358 g/mol. The molecule has 1 amide bonds. The Kier molecular flexibility index (Phi) is 5.91. The molecule has 27 heavy (non-hydrogen) atoms. The Bertz CT molecular complexity index is 968. The smallest absolute Gasteiger partial charge is 0.349 e. The number of anilines is 1. The summed E-state index contributed by atoms with van der Waals surface area (Å²) in [6.07, 6.45) is 1.65. The molecule has 0 aliphatic carbocycles. The number of amides is 1. The van der Waals surface area contributed by atoms with E-state index in [2.05, 4.69) is 19.2 Å². The van der Waals surface area contributed by atoms with Crippen molar-refractivity contribution >= 4 is 39.0 Å². The fraction of sp³-hybridized carbons (Fsp3) is 0.273. The van der Waals surface area contributed by atoms with Gasteiger partial charge in [0.05, 0.1) is 0 Å². The summed E-state index contributed by atoms with van der Waals surface area (Å²) in [6.45, 7) is 5.71. The molecule has 0 bridgehead atoms. The van der Waals surface area contributed by atoms with Gasteiger partial charge in [-0.25, -0.2) is 4.79 Å². The van der Waals surface area contributed by atoms with E-state index in [9.17, 15) is 9.59 Å². The fourth-order valence-corrected chi connectivity index (χ4v) is 4.25. The lowest BCUT2D eigenvalue weighted by Gasteiger charge is -2.14. The highest BCUT2D eigenvalue weighted by Crippen LogP contribution is 2.31. The zero-order valence-corrected chi connectivity index (χ0v) is 16.6. The van der Waals surface area contributed by atoms with Gasteiger partial charge in [-0.3, -0.25) is 4.79 Å². The topological polar surface area (TPSA) is 55.4 Å². The van der Waals surface area contributed by atoms with Crippen LogP contribution in [0.1, 0.15) is 40.2 Å². The highest BCUT2D eigenvalue weighted by molar-refractivity contribution is 7.21. The van der Waals surface area contributed by atoms with Crippen LogP contribution >= 0.6 is 11.3 Å². The van der Waals surface area contributed by atoms with E-state index < -0.39 is 5.97 Å². The summed E-state index contributed by atoms with van der Waals surface area (Å²) in [7, 11) is 0. The van der Waals surface area contributed by atoms with Gasteiger partial charge in [0.25, 0.3) is 5.91 Å². The minimum Gasteiger partial charge on any atom is -0.451 e. The van der Waals surface area contributed by atoms with E-state index in [0.29, 0.717) is 4.88 Å². The van der Waals surface area contributed by atoms with Crippen LogP contribution < -0.4 is 5.32 Å². The number of fused-ring (bicyclic) bond motifs is 1. The molecule has 0 saturated heterocycles. The van der Waals surface area contributed by atoms with Gasteiger partial charge < -0.3 is 10.1 Å². The summed E-state index contributed by atoms with van der Waals surface area (Å²) in [6, 6.07) is 13.8. The first-order valence-corrected chi connectivity index (χ1v) is 9.92. The van der Waals surface area contributed by atoms with Crippen LogP contribution in [-0.2, 0) is 22.4 Å². The third kappa shape index (κ3) is 4.03. The van der Waals surface area contributed by atoms with Crippen molar-refractivity contribution in [3.8, 4) is 0 Å². The van der Waals surface area contributed by atoms with Gasteiger partial charge >= 0.3 is 5.97 Å². The molecule has 1 N–H and O–H groups in total. The third-order valence-corrected chi connectivity index (χ3v) is 5.88. The maximum atomic E-state index is 12.4. The van der Waals surface area contributed by atoms with Crippen LogP contribution in [-0.4, -0.2) is 18.5 Å². The number of esters is 1. The molecule has 0 aliphatic rings. The molecule has 5 heteroatoms. The molecule has 0 atom stereocenters. The van der Waals surface area contributed by atoms with Crippen LogP contribution in [0.3, 0.4) is 0 Å². The molecule has 0 fully saturated rings. The number of aryl methyl sites for hydroxylation is 3. The first-order valence-electron chi connectivity index (χ1n) is 9.11. The van der Waals surface area contributed by atoms with Crippen LogP contribution in [0, 0.1) is 6.92 Å². The predicted molar refractivity (Wildman–Crippen MR) is 111 cm³/mol. The molecule has 0 saturated carbocycles. The minimum absolute atomic E-state index is 0.298. The third-order valence-electron chi connectivity index (χ3n) is 4.63. The SMILES string of the molecule is CCc1cccc(CC)c1NC(=O)COC(=O)c1sc2ccccc2c1C. The van der Waals surface area contributed by atoms with Gasteiger partial charge in [-0.05, 0) is 47.9 Å². The standard InChI is InChI=1S/C22H23NO3S/c1-4-15-9-8-10-16(5-2)20(15)23-19(24)13-26-22(25)21-14(3)17-11-6-7-12-18(17)27-21/h6-12H,4-5,13H2,1-3H3,(H,23,24). The second-order valence-corrected chi connectivity index (χ2v) is 7.39. The van der Waals surface area contributed by atoms with Crippen molar-refractivity contribution in [1.29, 1.82) is 0 Å². The quantitative estimate of drug-likeness (QED) is 0.602. The summed E-state index contributed by atoms with van der Waals surface area (Å²) in [5.41, 5.74) is 3.89. The van der Waals surface area contributed by atoms with Crippen LogP contribution in [0.2, 0.25) is 0 Å². The predicted octanol–water partition coefficient (Wildman–Crippen LogP) is 5.13. The van der Waals surface area contributed by atoms with Crippen LogP contribution in [0.15, 0.2) is 42.5 Å². The monoisotopic (exact) mass is 381 g/mol. The van der Waals surface area contributed by atoms with Crippen molar-refractivity contribution in [3.05, 3.63) is 64.0 Å². The second kappa shape index (κ2) is 8.35. The van der Waals surface area contributed by atoms with E-state index in [1.807, 2.05) is 49.4 Å². The molecule has 0 radical (unpaired) electrons. The fourth-order valence-electron chi connectivity index (χ4n) is 3.14. The van der Waals surface area contributed by atoms with Gasteiger partial charge in [-0.2, -0.15) is 0 Å². The number of hydrogen-bond acceptors (Lipinski definition) is 4. The maximum absolute atomic E-state index is 12.4. The Morgan fingerprint density at radius 1 is 1.00 bits per heavy atom. The Morgan fingerprint density at radius 2 is 1.67 bits per heavy atom. The highest BCUT2D eigenvalue weighted by Gasteiger charge is 2.18. The normalized spacial score (nSPS) is 10.8. The number of carbonyl (C=O) groups is 2. The number of thiophene rings is 1. The molecule has 1 aromatic heterocycles. The molecule has 0 aliphatic heterocycles. The number of carbonyl (C=O) groups excluding carboxylic acids is 2. The summed E-state index contributed by atoms with van der Waals surface area (Å²) in [5.74, 6) is -0.777. The van der Waals surface area contributed by atoms with Crippen molar-refractivity contribution in [1.82, 2.24) is 0 Å². The Morgan fingerprint density at radius 3 is 2.30 bits per heavy atom. The number of nitrogens with one attached hydrogen (secondary N) is 1. The van der Waals surface area contributed by atoms with Gasteiger partial charge in [0.2, 0.25) is 0 Å². The number of para-hydroxylation sites is 1. The van der Waals surface area contributed by atoms with E-state index in [1.54, 1.807) is 0 Å². The molecule has 1 heterocycles. The van der Waals surface area contributed by atoms with E-state index in [4.69, 9.17) is 4.74 Å².